The molecule has 2 aromatic rings. The molecule has 0 unspecified atom stereocenters. The Morgan fingerprint density at radius 1 is 1.34 bits per heavy atom. The van der Waals surface area contributed by atoms with Gasteiger partial charge in [0.15, 0.2) is 0 Å². The number of rotatable bonds is 8. The number of methoxy groups -OCH3 is 1. The highest BCUT2D eigenvalue weighted by Gasteiger charge is 2.34. The first kappa shape index (κ1) is 24.0. The lowest BCUT2D eigenvalue weighted by molar-refractivity contribution is -0.147. The summed E-state index contributed by atoms with van der Waals surface area (Å²) in [6, 6.07) is 7.27. The van der Waals surface area contributed by atoms with Gasteiger partial charge in [-0.15, -0.1) is 0 Å². The van der Waals surface area contributed by atoms with E-state index in [1.165, 1.54) is 13.2 Å². The van der Waals surface area contributed by atoms with Gasteiger partial charge in [-0.25, -0.2) is 9.18 Å². The number of hydrogen-bond acceptors (Lipinski definition) is 7. The van der Waals surface area contributed by atoms with Crippen LogP contribution >= 0.6 is 12.6 Å². The van der Waals surface area contributed by atoms with Crippen LogP contribution in [0.1, 0.15) is 37.1 Å². The maximum Gasteiger partial charge on any atom is 0.327 e. The van der Waals surface area contributed by atoms with E-state index in [2.05, 4.69) is 5.10 Å². The molecule has 1 saturated heterocycles. The van der Waals surface area contributed by atoms with Gasteiger partial charge in [0.1, 0.15) is 11.9 Å². The van der Waals surface area contributed by atoms with E-state index in [0.717, 1.165) is 11.3 Å². The number of thiol groups is 1. The number of esters is 2. The number of hydrogen-bond donors (Lipinski definition) is 1. The first-order chi connectivity index (χ1) is 15.4. The standard InChI is InChI=1S/C23H28FN3O4S/c1-3-31-21(28)10-13-27-12-8-17(25-27)14-16-15-26(11-9-20(16)32)22(23(29)30-2)18-6-4-5-7-19(18)24/h4-8,12,14,20,22,32H,3,9-11,13,15H2,1-2H3/b16-14-/t20-,22+/m1/s1. The van der Waals surface area contributed by atoms with Gasteiger partial charge in [0.2, 0.25) is 0 Å². The predicted molar refractivity (Wildman–Crippen MR) is 122 cm³/mol. The van der Waals surface area contributed by atoms with Crippen molar-refractivity contribution in [1.82, 2.24) is 14.7 Å². The van der Waals surface area contributed by atoms with Crippen LogP contribution in [0, 0.1) is 5.82 Å². The molecule has 32 heavy (non-hydrogen) atoms. The lowest BCUT2D eigenvalue weighted by atomic mass is 9.97. The normalized spacial score (nSPS) is 19.0. The monoisotopic (exact) mass is 461 g/mol. The molecule has 7 nitrogen and oxygen atoms in total. The highest BCUT2D eigenvalue weighted by molar-refractivity contribution is 7.81. The maximum atomic E-state index is 14.5. The number of ether oxygens (including phenoxy) is 2. The molecule has 0 aliphatic carbocycles. The first-order valence-electron chi connectivity index (χ1n) is 10.6. The molecule has 172 valence electrons. The fraction of sp³-hybridized carbons (Fsp3) is 0.435. The third-order valence-electron chi connectivity index (χ3n) is 5.34. The van der Waals surface area contributed by atoms with Crippen molar-refractivity contribution in [3.63, 3.8) is 0 Å². The molecule has 0 amide bonds. The molecule has 1 aromatic heterocycles. The zero-order valence-corrected chi connectivity index (χ0v) is 19.1. The molecule has 2 atom stereocenters. The van der Waals surface area contributed by atoms with Crippen LogP contribution in [0.3, 0.4) is 0 Å². The van der Waals surface area contributed by atoms with Crippen LogP contribution in [-0.2, 0) is 25.6 Å². The number of carbonyl (C=O) groups is 2. The lowest BCUT2D eigenvalue weighted by Gasteiger charge is -2.36. The highest BCUT2D eigenvalue weighted by atomic mass is 32.1. The van der Waals surface area contributed by atoms with Crippen LogP contribution in [0.5, 0.6) is 0 Å². The summed E-state index contributed by atoms with van der Waals surface area (Å²) >= 11 is 4.70. The van der Waals surface area contributed by atoms with E-state index in [0.29, 0.717) is 38.2 Å². The zero-order valence-electron chi connectivity index (χ0n) is 18.2. The molecule has 1 aliphatic rings. The van der Waals surface area contributed by atoms with Crippen molar-refractivity contribution >= 4 is 30.6 Å². The van der Waals surface area contributed by atoms with E-state index < -0.39 is 17.8 Å². The topological polar surface area (TPSA) is 73.7 Å². The number of carbonyl (C=O) groups excluding carboxylic acids is 2. The molecule has 0 radical (unpaired) electrons. The van der Waals surface area contributed by atoms with Crippen LogP contribution in [0.25, 0.3) is 6.08 Å². The van der Waals surface area contributed by atoms with E-state index in [9.17, 15) is 14.0 Å². The number of halogens is 1. The van der Waals surface area contributed by atoms with Gasteiger partial charge in [0.25, 0.3) is 0 Å². The number of piperidine rings is 1. The van der Waals surface area contributed by atoms with E-state index in [1.54, 1.807) is 36.0 Å². The van der Waals surface area contributed by atoms with Crippen LogP contribution in [0.15, 0.2) is 42.1 Å². The Bertz CT molecular complexity index is 978. The fourth-order valence-corrected chi connectivity index (χ4v) is 4.02. The van der Waals surface area contributed by atoms with Crippen LogP contribution in [-0.4, -0.2) is 58.7 Å². The van der Waals surface area contributed by atoms with Crippen molar-refractivity contribution in [3.8, 4) is 0 Å². The molecule has 3 rings (SSSR count). The average Bonchev–Trinajstić information content (AvgIpc) is 3.23. The van der Waals surface area contributed by atoms with Gasteiger partial charge in [-0.1, -0.05) is 18.2 Å². The summed E-state index contributed by atoms with van der Waals surface area (Å²) in [5.74, 6) is -1.21. The summed E-state index contributed by atoms with van der Waals surface area (Å²) in [5, 5.41) is 4.49. The third-order valence-corrected chi connectivity index (χ3v) is 5.93. The molecule has 0 saturated carbocycles. The minimum Gasteiger partial charge on any atom is -0.468 e. The van der Waals surface area contributed by atoms with Gasteiger partial charge in [-0.2, -0.15) is 17.7 Å². The molecule has 0 N–H and O–H groups in total. The van der Waals surface area contributed by atoms with Crippen LogP contribution in [0.2, 0.25) is 0 Å². The molecule has 1 aliphatic heterocycles. The first-order valence-corrected chi connectivity index (χ1v) is 11.1. The predicted octanol–water partition coefficient (Wildman–Crippen LogP) is 3.28. The van der Waals surface area contributed by atoms with Gasteiger partial charge < -0.3 is 9.47 Å². The van der Waals surface area contributed by atoms with E-state index in [-0.39, 0.29) is 17.6 Å². The molecule has 0 spiro atoms. The number of nitrogens with zero attached hydrogens (tertiary/aromatic N) is 3. The Kier molecular flexibility index (Phi) is 8.46. The minimum absolute atomic E-state index is 0.00477. The van der Waals surface area contributed by atoms with Gasteiger partial charge >= 0.3 is 11.9 Å². The number of aryl methyl sites for hydroxylation is 1. The van der Waals surface area contributed by atoms with Gasteiger partial charge in [-0.3, -0.25) is 14.4 Å². The van der Waals surface area contributed by atoms with Gasteiger partial charge in [-0.05, 0) is 37.1 Å². The second-order valence-electron chi connectivity index (χ2n) is 7.50. The molecule has 1 aromatic carbocycles. The fourth-order valence-electron chi connectivity index (χ4n) is 3.74. The number of aromatic nitrogens is 2. The smallest absolute Gasteiger partial charge is 0.327 e. The van der Waals surface area contributed by atoms with Crippen LogP contribution in [0.4, 0.5) is 4.39 Å². The Morgan fingerprint density at radius 2 is 2.12 bits per heavy atom. The summed E-state index contributed by atoms with van der Waals surface area (Å²) in [6.07, 6.45) is 4.68. The molecular weight excluding hydrogens is 433 g/mol. The number of likely N-dealkylation sites (tertiary alicyclic amines) is 1. The van der Waals surface area contributed by atoms with Gasteiger partial charge in [0, 0.05) is 30.1 Å². The second kappa shape index (κ2) is 11.3. The molecule has 1 fully saturated rings. The molecule has 2 heterocycles. The van der Waals surface area contributed by atoms with Crippen molar-refractivity contribution in [1.29, 1.82) is 0 Å². The molecule has 9 heteroatoms. The van der Waals surface area contributed by atoms with Crippen molar-refractivity contribution < 1.29 is 23.5 Å². The molecular formula is C23H28FN3O4S. The zero-order chi connectivity index (χ0) is 23.1. The molecule has 0 bridgehead atoms. The second-order valence-corrected chi connectivity index (χ2v) is 8.12. The largest absolute Gasteiger partial charge is 0.468 e. The summed E-state index contributed by atoms with van der Waals surface area (Å²) in [7, 11) is 1.31. The highest BCUT2D eigenvalue weighted by Crippen LogP contribution is 2.31. The van der Waals surface area contributed by atoms with Crippen molar-refractivity contribution in [2.24, 2.45) is 0 Å². The Balaban J connectivity index is 1.77. The van der Waals surface area contributed by atoms with E-state index in [1.807, 2.05) is 17.0 Å². The van der Waals surface area contributed by atoms with Crippen molar-refractivity contribution in [2.75, 3.05) is 26.8 Å². The average molecular weight is 462 g/mol. The van der Waals surface area contributed by atoms with Gasteiger partial charge in [0.05, 0.1) is 32.4 Å². The Morgan fingerprint density at radius 3 is 2.84 bits per heavy atom. The van der Waals surface area contributed by atoms with Crippen LogP contribution < -0.4 is 0 Å². The summed E-state index contributed by atoms with van der Waals surface area (Å²) in [5.41, 5.74) is 1.99. The quantitative estimate of drug-likeness (QED) is 0.481. The Labute approximate surface area is 192 Å². The number of benzene rings is 1. The SMILES string of the molecule is CCOC(=O)CCn1ccc(/C=C2/CN([C@H](C(=O)OC)c3ccccc3F)CC[C@H]2S)n1. The minimum atomic E-state index is -0.840. The van der Waals surface area contributed by atoms with Crippen molar-refractivity contribution in [3.05, 3.63) is 59.2 Å². The lowest BCUT2D eigenvalue weighted by Crippen LogP contribution is -2.42. The van der Waals surface area contributed by atoms with Crippen molar-refractivity contribution in [2.45, 2.75) is 37.6 Å². The summed E-state index contributed by atoms with van der Waals surface area (Å²) < 4.78 is 26.1. The van der Waals surface area contributed by atoms with E-state index in [4.69, 9.17) is 22.1 Å². The third kappa shape index (κ3) is 5.98. The Hall–Kier alpha value is -2.65. The summed E-state index contributed by atoms with van der Waals surface area (Å²) in [6.45, 7) is 3.56. The summed E-state index contributed by atoms with van der Waals surface area (Å²) in [4.78, 5) is 26.0. The maximum absolute atomic E-state index is 14.5. The van der Waals surface area contributed by atoms with E-state index >= 15 is 0 Å².